The van der Waals surface area contributed by atoms with Crippen molar-refractivity contribution in [3.63, 3.8) is 0 Å². The molecular weight excluding hydrogens is 170 g/mol. The zero-order valence-electron chi connectivity index (χ0n) is 7.83. The molecule has 68 valence electrons. The van der Waals surface area contributed by atoms with E-state index in [9.17, 15) is 0 Å². The van der Waals surface area contributed by atoms with Crippen LogP contribution in [0.3, 0.4) is 0 Å². The van der Waals surface area contributed by atoms with Crippen molar-refractivity contribution in [2.75, 3.05) is 0 Å². The van der Waals surface area contributed by atoms with E-state index in [0.717, 1.165) is 6.54 Å². The third-order valence-corrected chi connectivity index (χ3v) is 2.68. The molecule has 0 aromatic heterocycles. The van der Waals surface area contributed by atoms with Crippen molar-refractivity contribution in [1.82, 2.24) is 5.32 Å². The van der Waals surface area contributed by atoms with Gasteiger partial charge in [0.05, 0.1) is 0 Å². The molecule has 0 atom stereocenters. The second kappa shape index (κ2) is 2.88. The lowest BCUT2D eigenvalue weighted by Gasteiger charge is -2.13. The Labute approximate surface area is 83.1 Å². The fraction of sp³-hybridized carbons (Fsp3) is 0.0769. The van der Waals surface area contributed by atoms with Crippen LogP contribution in [0.15, 0.2) is 42.6 Å². The van der Waals surface area contributed by atoms with E-state index in [1.54, 1.807) is 0 Å². The first-order valence-corrected chi connectivity index (χ1v) is 4.85. The zero-order chi connectivity index (χ0) is 9.38. The highest BCUT2D eigenvalue weighted by Crippen LogP contribution is 2.22. The van der Waals surface area contributed by atoms with Gasteiger partial charge in [-0.25, -0.2) is 0 Å². The molecule has 0 radical (unpaired) electrons. The molecule has 2 aromatic rings. The van der Waals surface area contributed by atoms with E-state index < -0.39 is 0 Å². The fourth-order valence-electron chi connectivity index (χ4n) is 1.93. The molecule has 1 N–H and O–H groups in total. The summed E-state index contributed by atoms with van der Waals surface area (Å²) >= 11 is 0. The van der Waals surface area contributed by atoms with Crippen LogP contribution >= 0.6 is 0 Å². The van der Waals surface area contributed by atoms with Crippen LogP contribution in [0.1, 0.15) is 11.1 Å². The Kier molecular flexibility index (Phi) is 1.57. The van der Waals surface area contributed by atoms with Gasteiger partial charge in [-0.1, -0.05) is 24.3 Å². The second-order valence-electron chi connectivity index (χ2n) is 3.61. The monoisotopic (exact) mass is 181 g/mol. The zero-order valence-corrected chi connectivity index (χ0v) is 7.83. The molecule has 0 unspecified atom stereocenters. The van der Waals surface area contributed by atoms with Gasteiger partial charge in [-0.3, -0.25) is 0 Å². The molecule has 0 aliphatic carbocycles. The summed E-state index contributed by atoms with van der Waals surface area (Å²) in [6, 6.07) is 13.0. The average molecular weight is 181 g/mol. The van der Waals surface area contributed by atoms with Crippen molar-refractivity contribution < 1.29 is 0 Å². The molecular formula is C13H11N. The lowest BCUT2D eigenvalue weighted by Crippen LogP contribution is -2.09. The van der Waals surface area contributed by atoms with Gasteiger partial charge in [-0.05, 0) is 46.3 Å². The van der Waals surface area contributed by atoms with Crippen molar-refractivity contribution >= 4 is 16.8 Å². The van der Waals surface area contributed by atoms with E-state index in [4.69, 9.17) is 0 Å². The van der Waals surface area contributed by atoms with Gasteiger partial charge in [0.2, 0.25) is 0 Å². The van der Waals surface area contributed by atoms with Crippen LogP contribution < -0.4 is 5.32 Å². The van der Waals surface area contributed by atoms with Crippen LogP contribution in [0.4, 0.5) is 0 Å². The SMILES string of the molecule is C1=Cc2cc3ccccc3cc2CN1. The van der Waals surface area contributed by atoms with Gasteiger partial charge in [0.25, 0.3) is 0 Å². The van der Waals surface area contributed by atoms with Crippen molar-refractivity contribution in [2.24, 2.45) is 0 Å². The van der Waals surface area contributed by atoms with E-state index >= 15 is 0 Å². The number of fused-ring (bicyclic) bond motifs is 2. The Morgan fingerprint density at radius 3 is 2.64 bits per heavy atom. The predicted octanol–water partition coefficient (Wildman–Crippen LogP) is 2.91. The van der Waals surface area contributed by atoms with Gasteiger partial charge in [0.1, 0.15) is 0 Å². The normalized spacial score (nSPS) is 13.7. The highest BCUT2D eigenvalue weighted by atomic mass is 14.8. The summed E-state index contributed by atoms with van der Waals surface area (Å²) in [4.78, 5) is 0. The van der Waals surface area contributed by atoms with Crippen molar-refractivity contribution in [2.45, 2.75) is 6.54 Å². The molecule has 1 aliphatic heterocycles. The molecule has 0 fully saturated rings. The largest absolute Gasteiger partial charge is 0.387 e. The molecule has 0 bridgehead atoms. The molecule has 0 saturated carbocycles. The van der Waals surface area contributed by atoms with Gasteiger partial charge in [0.15, 0.2) is 0 Å². The maximum absolute atomic E-state index is 3.23. The van der Waals surface area contributed by atoms with Crippen LogP contribution in [0.5, 0.6) is 0 Å². The minimum atomic E-state index is 0.941. The van der Waals surface area contributed by atoms with Gasteiger partial charge in [-0.15, -0.1) is 0 Å². The first-order valence-electron chi connectivity index (χ1n) is 4.85. The molecule has 2 aromatic carbocycles. The van der Waals surface area contributed by atoms with Gasteiger partial charge in [0, 0.05) is 6.54 Å². The molecule has 0 amide bonds. The van der Waals surface area contributed by atoms with Gasteiger partial charge < -0.3 is 5.32 Å². The quantitative estimate of drug-likeness (QED) is 0.659. The minimum absolute atomic E-state index is 0.941. The summed E-state index contributed by atoms with van der Waals surface area (Å²) in [6.45, 7) is 0.941. The minimum Gasteiger partial charge on any atom is -0.387 e. The molecule has 0 spiro atoms. The number of rotatable bonds is 0. The lowest BCUT2D eigenvalue weighted by molar-refractivity contribution is 0.860. The van der Waals surface area contributed by atoms with Crippen LogP contribution in [0.2, 0.25) is 0 Å². The standard InChI is InChI=1S/C13H11N/c1-2-4-11-8-13-9-14-6-5-12(13)7-10(11)3-1/h1-8,14H,9H2. The third-order valence-electron chi connectivity index (χ3n) is 2.68. The Bertz CT molecular complexity index is 512. The molecule has 1 heteroatoms. The molecule has 1 aliphatic rings. The topological polar surface area (TPSA) is 12.0 Å². The summed E-state index contributed by atoms with van der Waals surface area (Å²) < 4.78 is 0. The van der Waals surface area contributed by atoms with E-state index in [1.165, 1.54) is 21.9 Å². The third kappa shape index (κ3) is 1.10. The number of hydrogen-bond acceptors (Lipinski definition) is 1. The summed E-state index contributed by atoms with van der Waals surface area (Å²) in [7, 11) is 0. The van der Waals surface area contributed by atoms with E-state index in [0.29, 0.717) is 0 Å². The fourth-order valence-corrected chi connectivity index (χ4v) is 1.93. The number of nitrogens with one attached hydrogen (secondary N) is 1. The maximum atomic E-state index is 3.23. The van der Waals surface area contributed by atoms with Gasteiger partial charge >= 0.3 is 0 Å². The van der Waals surface area contributed by atoms with Crippen LogP contribution in [0, 0.1) is 0 Å². The second-order valence-corrected chi connectivity index (χ2v) is 3.61. The molecule has 1 nitrogen and oxygen atoms in total. The first-order chi connectivity index (χ1) is 6.93. The summed E-state index contributed by atoms with van der Waals surface area (Å²) in [6.07, 6.45) is 4.14. The van der Waals surface area contributed by atoms with Crippen LogP contribution in [0.25, 0.3) is 16.8 Å². The smallest absolute Gasteiger partial charge is 0.0401 e. The number of hydrogen-bond donors (Lipinski definition) is 1. The number of benzene rings is 2. The van der Waals surface area contributed by atoms with Crippen molar-refractivity contribution in [3.05, 3.63) is 53.7 Å². The van der Waals surface area contributed by atoms with E-state index in [2.05, 4.69) is 47.8 Å². The van der Waals surface area contributed by atoms with E-state index in [-0.39, 0.29) is 0 Å². The van der Waals surface area contributed by atoms with Gasteiger partial charge in [-0.2, -0.15) is 0 Å². The lowest BCUT2D eigenvalue weighted by atomic mass is 9.99. The summed E-state index contributed by atoms with van der Waals surface area (Å²) in [5.74, 6) is 0. The molecule has 1 heterocycles. The summed E-state index contributed by atoms with van der Waals surface area (Å²) in [5, 5.41) is 5.87. The van der Waals surface area contributed by atoms with Crippen LogP contribution in [-0.4, -0.2) is 0 Å². The predicted molar refractivity (Wildman–Crippen MR) is 59.8 cm³/mol. The molecule has 3 rings (SSSR count). The Balaban J connectivity index is 2.34. The van der Waals surface area contributed by atoms with E-state index in [1.807, 2.05) is 6.20 Å². The first kappa shape index (κ1) is 7.63. The Morgan fingerprint density at radius 2 is 1.79 bits per heavy atom. The molecule has 0 saturated heterocycles. The van der Waals surface area contributed by atoms with Crippen molar-refractivity contribution in [1.29, 1.82) is 0 Å². The maximum Gasteiger partial charge on any atom is 0.0401 e. The van der Waals surface area contributed by atoms with Crippen LogP contribution in [-0.2, 0) is 6.54 Å². The molecule has 14 heavy (non-hydrogen) atoms. The summed E-state index contributed by atoms with van der Waals surface area (Å²) in [5.41, 5.74) is 2.72. The Morgan fingerprint density at radius 1 is 1.00 bits per heavy atom. The highest BCUT2D eigenvalue weighted by Gasteiger charge is 2.04. The Hall–Kier alpha value is -1.76. The average Bonchev–Trinajstić information content (AvgIpc) is 2.26. The van der Waals surface area contributed by atoms with Crippen molar-refractivity contribution in [3.8, 4) is 0 Å². The highest BCUT2D eigenvalue weighted by molar-refractivity contribution is 5.86.